The number of hydrogen-bond donors (Lipinski definition) is 4. The third kappa shape index (κ3) is 5.04. The molecule has 2 aromatic heterocycles. The Bertz CT molecular complexity index is 1210. The van der Waals surface area contributed by atoms with Crippen LogP contribution in [-0.4, -0.2) is 56.9 Å². The van der Waals surface area contributed by atoms with Gasteiger partial charge in [-0.15, -0.1) is 0 Å². The minimum Gasteiger partial charge on any atom is -0.480 e. The number of benzene rings is 1. The van der Waals surface area contributed by atoms with E-state index < -0.39 is 12.2 Å². The summed E-state index contributed by atoms with van der Waals surface area (Å²) in [6.07, 6.45) is 2.90. The van der Waals surface area contributed by atoms with Gasteiger partial charge in [0.15, 0.2) is 18.2 Å². The maximum absolute atomic E-state index is 11.5. The normalized spacial score (nSPS) is 21.5. The van der Waals surface area contributed by atoms with Crippen molar-refractivity contribution >= 4 is 22.8 Å². The fourth-order valence-electron chi connectivity index (χ4n) is 4.83. The van der Waals surface area contributed by atoms with Gasteiger partial charge in [-0.25, -0.2) is 15.0 Å². The summed E-state index contributed by atoms with van der Waals surface area (Å²) in [5.41, 5.74) is 2.55. The van der Waals surface area contributed by atoms with Crippen molar-refractivity contribution in [2.75, 3.05) is 19.0 Å². The zero-order valence-electron chi connectivity index (χ0n) is 19.5. The number of ether oxygens (including phenoxy) is 2. The van der Waals surface area contributed by atoms with E-state index in [-0.39, 0.29) is 24.5 Å². The smallest absolute Gasteiger partial charge is 0.263 e. The molecule has 3 aromatic rings. The minimum absolute atomic E-state index is 0.0121. The second-order valence-electron chi connectivity index (χ2n) is 9.04. The van der Waals surface area contributed by atoms with E-state index in [0.29, 0.717) is 40.6 Å². The number of amides is 1. The van der Waals surface area contributed by atoms with Gasteiger partial charge in [-0.1, -0.05) is 12.1 Å². The molecule has 1 aliphatic heterocycles. The van der Waals surface area contributed by atoms with E-state index in [0.717, 1.165) is 31.4 Å². The van der Waals surface area contributed by atoms with Crippen LogP contribution in [0.3, 0.4) is 0 Å². The van der Waals surface area contributed by atoms with Gasteiger partial charge in [0.2, 0.25) is 5.88 Å². The molecule has 10 nitrogen and oxygen atoms in total. The average molecular weight is 480 g/mol. The highest BCUT2D eigenvalue weighted by Gasteiger charge is 2.32. The molecule has 1 aliphatic carbocycles. The highest BCUT2D eigenvalue weighted by atomic mass is 16.5. The van der Waals surface area contributed by atoms with Crippen LogP contribution >= 0.6 is 0 Å². The number of nitrogens with one attached hydrogen (secondary N) is 2. The van der Waals surface area contributed by atoms with Crippen LogP contribution in [0.15, 0.2) is 36.5 Å². The van der Waals surface area contributed by atoms with Crippen LogP contribution in [0.5, 0.6) is 11.6 Å². The molecule has 3 heterocycles. The molecule has 1 fully saturated rings. The molecule has 5 rings (SSSR count). The molecule has 184 valence electrons. The quantitative estimate of drug-likeness (QED) is 0.401. The average Bonchev–Trinajstić information content (AvgIpc) is 2.90. The Morgan fingerprint density at radius 2 is 2.00 bits per heavy atom. The number of fused-ring (bicyclic) bond motifs is 2. The second kappa shape index (κ2) is 10.1. The number of carbonyl (C=O) groups excluding carboxylic acids is 1. The zero-order valence-corrected chi connectivity index (χ0v) is 19.5. The van der Waals surface area contributed by atoms with Gasteiger partial charge in [0.1, 0.15) is 6.10 Å². The summed E-state index contributed by atoms with van der Waals surface area (Å²) in [5, 5.41) is 28.3. The maximum Gasteiger partial charge on any atom is 0.263 e. The molecule has 4 N–H and O–H groups in total. The summed E-state index contributed by atoms with van der Waals surface area (Å²) in [6, 6.07) is 9.39. The SMILES string of the molecule is COc1cnc2cccc([C@@H](O)[C@H](O)[C@H]3CC[C@H](NCc4ccc5c(n4)NC(=O)CO5)CC3)c2n1. The molecule has 10 heteroatoms. The first-order chi connectivity index (χ1) is 17.0. The van der Waals surface area contributed by atoms with E-state index in [1.165, 1.54) is 13.3 Å². The lowest BCUT2D eigenvalue weighted by Gasteiger charge is -2.34. The number of anilines is 1. The predicted molar refractivity (Wildman–Crippen MR) is 128 cm³/mol. The van der Waals surface area contributed by atoms with E-state index in [1.807, 2.05) is 24.3 Å². The van der Waals surface area contributed by atoms with Crippen LogP contribution in [0, 0.1) is 5.92 Å². The van der Waals surface area contributed by atoms with Crippen molar-refractivity contribution in [1.29, 1.82) is 0 Å². The summed E-state index contributed by atoms with van der Waals surface area (Å²) in [5.74, 6) is 1.17. The summed E-state index contributed by atoms with van der Waals surface area (Å²) in [6.45, 7) is 0.582. The lowest BCUT2D eigenvalue weighted by atomic mass is 9.80. The molecule has 0 unspecified atom stereocenters. The highest BCUT2D eigenvalue weighted by Crippen LogP contribution is 2.35. The number of hydrogen-bond acceptors (Lipinski definition) is 9. The summed E-state index contributed by atoms with van der Waals surface area (Å²) in [7, 11) is 1.52. The second-order valence-corrected chi connectivity index (χ2v) is 9.04. The van der Waals surface area contributed by atoms with Gasteiger partial charge in [-0.2, -0.15) is 0 Å². The Kier molecular flexibility index (Phi) is 6.76. The van der Waals surface area contributed by atoms with Gasteiger partial charge < -0.3 is 30.3 Å². The third-order valence-corrected chi connectivity index (χ3v) is 6.79. The van der Waals surface area contributed by atoms with Crippen LogP contribution in [0.2, 0.25) is 0 Å². The Balaban J connectivity index is 1.17. The number of nitrogens with zero attached hydrogens (tertiary/aromatic N) is 3. The molecule has 2 atom stereocenters. The van der Waals surface area contributed by atoms with Crippen molar-refractivity contribution in [1.82, 2.24) is 20.3 Å². The number of para-hydroxylation sites is 1. The highest BCUT2D eigenvalue weighted by molar-refractivity contribution is 5.94. The Morgan fingerprint density at radius 1 is 1.17 bits per heavy atom. The van der Waals surface area contributed by atoms with E-state index in [1.54, 1.807) is 6.07 Å². The molecule has 0 radical (unpaired) electrons. The maximum atomic E-state index is 11.5. The molecule has 2 aliphatic rings. The molecule has 1 saturated carbocycles. The van der Waals surface area contributed by atoms with Crippen LogP contribution in [0.25, 0.3) is 11.0 Å². The lowest BCUT2D eigenvalue weighted by molar-refractivity contribution is -0.118. The number of carbonyl (C=O) groups is 1. The summed E-state index contributed by atoms with van der Waals surface area (Å²) >= 11 is 0. The van der Waals surface area contributed by atoms with Gasteiger partial charge in [-0.3, -0.25) is 4.79 Å². The molecule has 0 saturated heterocycles. The van der Waals surface area contributed by atoms with Crippen molar-refractivity contribution in [3.8, 4) is 11.6 Å². The van der Waals surface area contributed by atoms with Gasteiger partial charge >= 0.3 is 0 Å². The van der Waals surface area contributed by atoms with Crippen molar-refractivity contribution in [3.63, 3.8) is 0 Å². The third-order valence-electron chi connectivity index (χ3n) is 6.79. The number of pyridine rings is 1. The fourth-order valence-corrected chi connectivity index (χ4v) is 4.83. The topological polar surface area (TPSA) is 139 Å². The van der Waals surface area contributed by atoms with Gasteiger partial charge in [-0.05, 0) is 49.8 Å². The Morgan fingerprint density at radius 3 is 2.80 bits per heavy atom. The van der Waals surface area contributed by atoms with Gasteiger partial charge in [0.25, 0.3) is 5.91 Å². The molecular formula is C25H29N5O5. The minimum atomic E-state index is -1.06. The first-order valence-corrected chi connectivity index (χ1v) is 11.8. The standard InChI is InChI=1S/C25H29N5O5/c1-34-21-12-27-18-4-2-3-17(22(18)30-21)24(33)23(32)14-5-7-15(8-6-14)26-11-16-9-10-19-25(28-16)29-20(31)13-35-19/h2-4,9-10,12,14-15,23-24,26,32-33H,5-8,11,13H2,1H3,(H,28,29,31)/t14-,15-,23-,24-/m1/s1. The van der Waals surface area contributed by atoms with Crippen LogP contribution in [0.1, 0.15) is 43.0 Å². The van der Waals surface area contributed by atoms with Crippen LogP contribution in [-0.2, 0) is 11.3 Å². The molecule has 0 spiro atoms. The van der Waals surface area contributed by atoms with Crippen molar-refractivity contribution < 1.29 is 24.5 Å². The molecule has 1 aromatic carbocycles. The number of aromatic nitrogens is 3. The monoisotopic (exact) mass is 479 g/mol. The van der Waals surface area contributed by atoms with Crippen molar-refractivity contribution in [2.45, 2.75) is 50.5 Å². The number of methoxy groups -OCH3 is 1. The first-order valence-electron chi connectivity index (χ1n) is 11.8. The van der Waals surface area contributed by atoms with E-state index in [2.05, 4.69) is 25.6 Å². The van der Waals surface area contributed by atoms with Crippen LogP contribution in [0.4, 0.5) is 5.82 Å². The molecular weight excluding hydrogens is 450 g/mol. The van der Waals surface area contributed by atoms with Crippen molar-refractivity contribution in [3.05, 3.63) is 47.8 Å². The fraction of sp³-hybridized carbons (Fsp3) is 0.440. The molecule has 1 amide bonds. The van der Waals surface area contributed by atoms with Gasteiger partial charge in [0, 0.05) is 18.2 Å². The summed E-state index contributed by atoms with van der Waals surface area (Å²) < 4.78 is 10.5. The molecule has 0 bridgehead atoms. The zero-order chi connectivity index (χ0) is 24.4. The van der Waals surface area contributed by atoms with E-state index in [4.69, 9.17) is 9.47 Å². The largest absolute Gasteiger partial charge is 0.480 e. The summed E-state index contributed by atoms with van der Waals surface area (Å²) in [4.78, 5) is 24.8. The number of aliphatic hydroxyl groups is 2. The predicted octanol–water partition coefficient (Wildman–Crippen LogP) is 2.11. The van der Waals surface area contributed by atoms with Crippen molar-refractivity contribution in [2.24, 2.45) is 5.92 Å². The van der Waals surface area contributed by atoms with E-state index >= 15 is 0 Å². The van der Waals surface area contributed by atoms with E-state index in [9.17, 15) is 15.0 Å². The Hall–Kier alpha value is -3.34. The van der Waals surface area contributed by atoms with Crippen LogP contribution < -0.4 is 20.1 Å². The number of rotatable bonds is 7. The van der Waals surface area contributed by atoms with Gasteiger partial charge in [0.05, 0.1) is 36.1 Å². The first kappa shape index (κ1) is 23.4. The number of aliphatic hydroxyl groups excluding tert-OH is 2. The Labute approximate surface area is 202 Å². The molecule has 35 heavy (non-hydrogen) atoms. The lowest BCUT2D eigenvalue weighted by Crippen LogP contribution is -2.37.